The van der Waals surface area contributed by atoms with Crippen LogP contribution in [-0.2, 0) is 24.5 Å². The second kappa shape index (κ2) is 8.26. The van der Waals surface area contributed by atoms with Crippen molar-refractivity contribution >= 4 is 24.3 Å². The zero-order chi connectivity index (χ0) is 18.4. The van der Waals surface area contributed by atoms with Gasteiger partial charge in [0.2, 0.25) is 0 Å². The van der Waals surface area contributed by atoms with Gasteiger partial charge in [0.25, 0.3) is 0 Å². The van der Waals surface area contributed by atoms with Crippen molar-refractivity contribution < 1.29 is 23.1 Å². The lowest BCUT2D eigenvalue weighted by Crippen LogP contribution is -2.02. The molecule has 0 aliphatic heterocycles. The minimum absolute atomic E-state index is 0.0573. The summed E-state index contributed by atoms with van der Waals surface area (Å²) in [5, 5.41) is 10.8. The molecule has 0 saturated heterocycles. The molecule has 0 aliphatic rings. The number of methoxy groups -OCH3 is 1. The Kier molecular flexibility index (Phi) is 6.33. The molecule has 132 valence electrons. The van der Waals surface area contributed by atoms with E-state index in [0.717, 1.165) is 0 Å². The van der Waals surface area contributed by atoms with E-state index < -0.39 is 13.6 Å². The Morgan fingerprint density at radius 3 is 2.40 bits per heavy atom. The second-order valence-electron chi connectivity index (χ2n) is 5.29. The van der Waals surface area contributed by atoms with Crippen LogP contribution in [0.5, 0.6) is 0 Å². The largest absolute Gasteiger partial charge is 0.465 e. The van der Waals surface area contributed by atoms with Gasteiger partial charge in [-0.2, -0.15) is 5.26 Å². The molecule has 0 spiro atoms. The molecular formula is C18H20NO5P. The number of nitrogens with zero attached hydrogens (tertiary/aromatic N) is 1. The van der Waals surface area contributed by atoms with Crippen molar-refractivity contribution in [2.24, 2.45) is 0 Å². The van der Waals surface area contributed by atoms with Crippen LogP contribution in [-0.4, -0.2) is 26.3 Å². The fraction of sp³-hybridized carbons (Fsp3) is 0.333. The van der Waals surface area contributed by atoms with E-state index in [9.17, 15) is 14.6 Å². The van der Waals surface area contributed by atoms with Crippen LogP contribution in [0.3, 0.4) is 0 Å². The molecule has 0 heterocycles. The summed E-state index contributed by atoms with van der Waals surface area (Å²) in [6.07, 6.45) is 0.0573. The molecule has 0 aliphatic carbocycles. The van der Waals surface area contributed by atoms with Crippen molar-refractivity contribution in [1.29, 1.82) is 5.26 Å². The van der Waals surface area contributed by atoms with Gasteiger partial charge in [0.05, 0.1) is 43.7 Å². The topological polar surface area (TPSA) is 85.6 Å². The van der Waals surface area contributed by atoms with Crippen LogP contribution < -0.4 is 0 Å². The number of hydrogen-bond acceptors (Lipinski definition) is 6. The number of hydrogen-bond donors (Lipinski definition) is 0. The highest BCUT2D eigenvalue weighted by Gasteiger charge is 2.24. The summed E-state index contributed by atoms with van der Waals surface area (Å²) >= 11 is 0. The molecule has 7 heteroatoms. The summed E-state index contributed by atoms with van der Waals surface area (Å²) in [5.74, 6) is -0.458. The van der Waals surface area contributed by atoms with E-state index in [0.29, 0.717) is 27.5 Å². The number of benzene rings is 2. The quantitative estimate of drug-likeness (QED) is 0.541. The molecule has 0 saturated carbocycles. The Labute approximate surface area is 146 Å². The van der Waals surface area contributed by atoms with Crippen LogP contribution in [0.1, 0.15) is 35.3 Å². The van der Waals surface area contributed by atoms with Gasteiger partial charge < -0.3 is 13.8 Å². The van der Waals surface area contributed by atoms with Crippen molar-refractivity contribution in [3.63, 3.8) is 0 Å². The number of rotatable bonds is 7. The maximum Gasteiger partial charge on any atom is 0.337 e. The van der Waals surface area contributed by atoms with Gasteiger partial charge in [0.15, 0.2) is 0 Å². The van der Waals surface area contributed by atoms with Crippen LogP contribution >= 0.6 is 7.60 Å². The minimum atomic E-state index is -3.29. The van der Waals surface area contributed by atoms with Gasteiger partial charge in [-0.15, -0.1) is 0 Å². The van der Waals surface area contributed by atoms with E-state index in [4.69, 9.17) is 13.8 Å². The average molecular weight is 361 g/mol. The highest BCUT2D eigenvalue weighted by atomic mass is 31.2. The lowest BCUT2D eigenvalue weighted by Gasteiger charge is -2.17. The predicted molar refractivity (Wildman–Crippen MR) is 94.6 cm³/mol. The summed E-state index contributed by atoms with van der Waals surface area (Å²) in [7, 11) is -1.98. The Morgan fingerprint density at radius 2 is 1.84 bits per heavy atom. The van der Waals surface area contributed by atoms with Gasteiger partial charge >= 0.3 is 13.6 Å². The number of carbonyl (C=O) groups is 1. The van der Waals surface area contributed by atoms with Crippen molar-refractivity contribution in [2.45, 2.75) is 20.0 Å². The molecule has 0 unspecified atom stereocenters. The molecule has 0 amide bonds. The Hall–Kier alpha value is -2.19. The van der Waals surface area contributed by atoms with Gasteiger partial charge in [0, 0.05) is 0 Å². The standard InChI is InChI=1S/C18H20NO5P/c1-4-23-25(21,24-5-2)12-13-8-15-10-14(18(20)22-3)6-7-17(15)16(9-13)11-19/h6-10H,4-5,12H2,1-3H3. The molecule has 2 rings (SSSR count). The van der Waals surface area contributed by atoms with Crippen LogP contribution in [0, 0.1) is 11.3 Å². The number of nitriles is 1. The van der Waals surface area contributed by atoms with E-state index in [1.54, 1.807) is 44.2 Å². The summed E-state index contributed by atoms with van der Waals surface area (Å²) in [6.45, 7) is 4.02. The fourth-order valence-corrected chi connectivity index (χ4v) is 4.28. The van der Waals surface area contributed by atoms with E-state index in [-0.39, 0.29) is 19.4 Å². The van der Waals surface area contributed by atoms with Gasteiger partial charge in [-0.3, -0.25) is 4.57 Å². The van der Waals surface area contributed by atoms with Crippen LogP contribution in [0.2, 0.25) is 0 Å². The maximum atomic E-state index is 12.7. The summed E-state index contributed by atoms with van der Waals surface area (Å²) in [4.78, 5) is 11.7. The van der Waals surface area contributed by atoms with Gasteiger partial charge in [-0.25, -0.2) is 4.79 Å². The lowest BCUT2D eigenvalue weighted by atomic mass is 10.00. The van der Waals surface area contributed by atoms with Gasteiger partial charge in [0.1, 0.15) is 0 Å². The molecule has 0 aromatic heterocycles. The third kappa shape index (κ3) is 4.46. The predicted octanol–water partition coefficient (Wildman–Crippen LogP) is 4.26. The van der Waals surface area contributed by atoms with E-state index in [2.05, 4.69) is 6.07 Å². The third-order valence-electron chi connectivity index (χ3n) is 3.58. The van der Waals surface area contributed by atoms with Crippen molar-refractivity contribution in [1.82, 2.24) is 0 Å². The Balaban J connectivity index is 2.52. The van der Waals surface area contributed by atoms with Crippen LogP contribution in [0.4, 0.5) is 0 Å². The summed E-state index contributed by atoms with van der Waals surface area (Å²) in [6, 6.07) is 10.6. The van der Waals surface area contributed by atoms with Crippen LogP contribution in [0.25, 0.3) is 10.8 Å². The SMILES string of the molecule is CCOP(=O)(Cc1cc(C#N)c2ccc(C(=O)OC)cc2c1)OCC. The minimum Gasteiger partial charge on any atom is -0.465 e. The zero-order valence-corrected chi connectivity index (χ0v) is 15.3. The van der Waals surface area contributed by atoms with E-state index in [1.165, 1.54) is 7.11 Å². The molecular weight excluding hydrogens is 341 g/mol. The monoisotopic (exact) mass is 361 g/mol. The van der Waals surface area contributed by atoms with E-state index in [1.807, 2.05) is 0 Å². The molecule has 0 bridgehead atoms. The highest BCUT2D eigenvalue weighted by Crippen LogP contribution is 2.51. The normalized spacial score (nSPS) is 11.3. The molecule has 0 fully saturated rings. The first kappa shape index (κ1) is 19.1. The van der Waals surface area contributed by atoms with Gasteiger partial charge in [-0.1, -0.05) is 12.1 Å². The first-order valence-electron chi connectivity index (χ1n) is 7.89. The fourth-order valence-electron chi connectivity index (χ4n) is 2.61. The number of carbonyl (C=O) groups excluding carboxylic acids is 1. The second-order valence-corrected chi connectivity index (χ2v) is 7.34. The summed E-state index contributed by atoms with van der Waals surface area (Å²) in [5.41, 5.74) is 1.47. The molecule has 25 heavy (non-hydrogen) atoms. The molecule has 0 atom stereocenters. The van der Waals surface area contributed by atoms with Crippen molar-refractivity contribution in [3.05, 3.63) is 47.0 Å². The van der Waals surface area contributed by atoms with Crippen molar-refractivity contribution in [2.75, 3.05) is 20.3 Å². The number of fused-ring (bicyclic) bond motifs is 1. The average Bonchev–Trinajstić information content (AvgIpc) is 2.59. The Bertz CT molecular complexity index is 862. The summed E-state index contributed by atoms with van der Waals surface area (Å²) < 4.78 is 28.1. The third-order valence-corrected chi connectivity index (χ3v) is 5.64. The highest BCUT2D eigenvalue weighted by molar-refractivity contribution is 7.53. The first-order valence-corrected chi connectivity index (χ1v) is 9.62. The maximum absolute atomic E-state index is 12.7. The van der Waals surface area contributed by atoms with E-state index >= 15 is 0 Å². The smallest absolute Gasteiger partial charge is 0.337 e. The number of esters is 1. The molecule has 2 aromatic carbocycles. The molecule has 0 radical (unpaired) electrons. The first-order chi connectivity index (χ1) is 12.0. The lowest BCUT2D eigenvalue weighted by molar-refractivity contribution is 0.0601. The molecule has 6 nitrogen and oxygen atoms in total. The molecule has 2 aromatic rings. The zero-order valence-electron chi connectivity index (χ0n) is 14.4. The Morgan fingerprint density at radius 1 is 1.16 bits per heavy atom. The van der Waals surface area contributed by atoms with Gasteiger partial charge in [-0.05, 0) is 48.4 Å². The van der Waals surface area contributed by atoms with Crippen molar-refractivity contribution in [3.8, 4) is 6.07 Å². The van der Waals surface area contributed by atoms with Crippen LogP contribution in [0.15, 0.2) is 30.3 Å². The number of ether oxygens (including phenoxy) is 1. The molecule has 0 N–H and O–H groups in total.